The lowest BCUT2D eigenvalue weighted by atomic mass is 9.90. The first-order valence-electron chi connectivity index (χ1n) is 12.2. The lowest BCUT2D eigenvalue weighted by Crippen LogP contribution is -2.27. The third kappa shape index (κ3) is 10.3. The summed E-state index contributed by atoms with van der Waals surface area (Å²) >= 11 is 0. The van der Waals surface area contributed by atoms with Crippen molar-refractivity contribution in [3.8, 4) is 5.75 Å². The molecule has 1 saturated carbocycles. The molecule has 3 rings (SSSR count). The van der Waals surface area contributed by atoms with Crippen molar-refractivity contribution in [3.63, 3.8) is 0 Å². The zero-order valence-electron chi connectivity index (χ0n) is 21.2. The summed E-state index contributed by atoms with van der Waals surface area (Å²) in [6.45, 7) is 5.28. The molecule has 6 N–H and O–H groups in total. The Morgan fingerprint density at radius 1 is 1.26 bits per heavy atom. The minimum absolute atomic E-state index is 0.209. The fourth-order valence-electron chi connectivity index (χ4n) is 3.77. The Balaban J connectivity index is 0.000000456. The lowest BCUT2D eigenvalue weighted by Gasteiger charge is -2.18. The zero-order chi connectivity index (χ0) is 25.6. The molecule has 1 amide bonds. The van der Waals surface area contributed by atoms with E-state index in [2.05, 4.69) is 22.3 Å². The fraction of sp³-hybridized carbons (Fsp3) is 0.500. The van der Waals surface area contributed by atoms with Crippen LogP contribution in [0.5, 0.6) is 5.75 Å². The van der Waals surface area contributed by atoms with E-state index in [1.54, 1.807) is 26.1 Å². The Kier molecular flexibility index (Phi) is 12.0. The molecule has 0 unspecified atom stereocenters. The van der Waals surface area contributed by atoms with E-state index in [9.17, 15) is 4.79 Å². The highest BCUT2D eigenvalue weighted by Crippen LogP contribution is 2.22. The minimum atomic E-state index is -0.297. The number of pyridine rings is 1. The number of nitrogens with two attached hydrogens (primary N) is 2. The number of hydrogen-bond acceptors (Lipinski definition) is 7. The van der Waals surface area contributed by atoms with Gasteiger partial charge in [-0.1, -0.05) is 38.3 Å². The van der Waals surface area contributed by atoms with Crippen molar-refractivity contribution < 1.29 is 14.6 Å². The summed E-state index contributed by atoms with van der Waals surface area (Å²) in [4.78, 5) is 16.8. The molecule has 1 fully saturated rings. The molecular weight excluding hydrogens is 444 g/mol. The van der Waals surface area contributed by atoms with Crippen molar-refractivity contribution in [1.82, 2.24) is 15.4 Å². The van der Waals surface area contributed by atoms with Gasteiger partial charge >= 0.3 is 0 Å². The van der Waals surface area contributed by atoms with Crippen LogP contribution in [0.15, 0.2) is 41.5 Å². The Hall–Kier alpha value is -3.17. The molecular formula is C26H40N6O3. The van der Waals surface area contributed by atoms with Crippen molar-refractivity contribution in [3.05, 3.63) is 58.9 Å². The van der Waals surface area contributed by atoms with Crippen LogP contribution in [-0.2, 0) is 6.54 Å². The number of amidine groups is 1. The SMILES string of the molecule is CCCOc1cccc(CNC(=O)c2cc(/C(N)=N/N(C)N)cc(C)n2)c1.OCC1CCCCC1. The predicted octanol–water partition coefficient (Wildman–Crippen LogP) is 3.09. The largest absolute Gasteiger partial charge is 0.494 e. The van der Waals surface area contributed by atoms with Crippen LogP contribution in [0.4, 0.5) is 0 Å². The molecule has 2 aromatic rings. The summed E-state index contributed by atoms with van der Waals surface area (Å²) < 4.78 is 5.61. The molecule has 1 aliphatic rings. The van der Waals surface area contributed by atoms with Crippen LogP contribution in [0.25, 0.3) is 0 Å². The van der Waals surface area contributed by atoms with Crippen molar-refractivity contribution in [1.29, 1.82) is 0 Å². The van der Waals surface area contributed by atoms with Crippen LogP contribution in [0, 0.1) is 12.8 Å². The summed E-state index contributed by atoms with van der Waals surface area (Å²) in [7, 11) is 1.56. The maximum Gasteiger partial charge on any atom is 0.270 e. The third-order valence-corrected chi connectivity index (χ3v) is 5.55. The first-order valence-corrected chi connectivity index (χ1v) is 12.2. The Morgan fingerprint density at radius 3 is 2.63 bits per heavy atom. The van der Waals surface area contributed by atoms with E-state index in [0.29, 0.717) is 36.9 Å². The van der Waals surface area contributed by atoms with E-state index in [-0.39, 0.29) is 17.4 Å². The van der Waals surface area contributed by atoms with Crippen molar-refractivity contribution in [2.75, 3.05) is 20.3 Å². The quantitative estimate of drug-likeness (QED) is 0.186. The Morgan fingerprint density at radius 2 is 2.00 bits per heavy atom. The van der Waals surface area contributed by atoms with Gasteiger partial charge in [0, 0.05) is 31.5 Å². The number of aliphatic hydroxyl groups is 1. The van der Waals surface area contributed by atoms with E-state index in [1.807, 2.05) is 24.3 Å². The smallest absolute Gasteiger partial charge is 0.270 e. The second-order valence-electron chi connectivity index (χ2n) is 8.81. The molecule has 0 atom stereocenters. The predicted molar refractivity (Wildman–Crippen MR) is 139 cm³/mol. The van der Waals surface area contributed by atoms with Crippen LogP contribution >= 0.6 is 0 Å². The average molecular weight is 485 g/mol. The number of rotatable bonds is 9. The minimum Gasteiger partial charge on any atom is -0.494 e. The van der Waals surface area contributed by atoms with Gasteiger partial charge in [-0.05, 0) is 61.9 Å². The number of ether oxygens (including phenoxy) is 1. The van der Waals surface area contributed by atoms with Crippen molar-refractivity contribution >= 4 is 11.7 Å². The molecule has 0 aliphatic heterocycles. The van der Waals surface area contributed by atoms with Crippen molar-refractivity contribution in [2.45, 2.75) is 58.9 Å². The van der Waals surface area contributed by atoms with Gasteiger partial charge in [-0.2, -0.15) is 0 Å². The molecule has 0 bridgehead atoms. The molecule has 1 aliphatic carbocycles. The van der Waals surface area contributed by atoms with Gasteiger partial charge in [0.2, 0.25) is 0 Å². The van der Waals surface area contributed by atoms with Gasteiger partial charge < -0.3 is 20.9 Å². The number of aryl methyl sites for hydroxylation is 1. The second-order valence-corrected chi connectivity index (χ2v) is 8.81. The van der Waals surface area contributed by atoms with Crippen LogP contribution in [-0.4, -0.2) is 47.2 Å². The summed E-state index contributed by atoms with van der Waals surface area (Å²) in [6.07, 6.45) is 7.52. The van der Waals surface area contributed by atoms with Crippen LogP contribution in [0.3, 0.4) is 0 Å². The zero-order valence-corrected chi connectivity index (χ0v) is 21.2. The number of carbonyl (C=O) groups is 1. The van der Waals surface area contributed by atoms with E-state index >= 15 is 0 Å². The maximum atomic E-state index is 12.5. The van der Waals surface area contributed by atoms with Gasteiger partial charge in [0.15, 0.2) is 5.84 Å². The summed E-state index contributed by atoms with van der Waals surface area (Å²) in [5.74, 6) is 6.82. The van der Waals surface area contributed by atoms with Gasteiger partial charge in [-0.25, -0.2) is 15.9 Å². The summed E-state index contributed by atoms with van der Waals surface area (Å²) in [5, 5.41) is 16.6. The molecule has 1 aromatic carbocycles. The average Bonchev–Trinajstić information content (AvgIpc) is 2.86. The normalized spacial score (nSPS) is 14.0. The number of hydrazone groups is 1. The van der Waals surface area contributed by atoms with E-state index < -0.39 is 0 Å². The Bertz CT molecular complexity index is 958. The molecule has 9 nitrogen and oxygen atoms in total. The first kappa shape index (κ1) is 28.1. The maximum absolute atomic E-state index is 12.5. The highest BCUT2D eigenvalue weighted by molar-refractivity contribution is 6.00. The van der Waals surface area contributed by atoms with Crippen molar-refractivity contribution in [2.24, 2.45) is 22.6 Å². The highest BCUT2D eigenvalue weighted by atomic mass is 16.5. The number of hydrazine groups is 1. The lowest BCUT2D eigenvalue weighted by molar-refractivity contribution is 0.0945. The highest BCUT2D eigenvalue weighted by Gasteiger charge is 2.12. The van der Waals surface area contributed by atoms with Gasteiger partial charge in [0.05, 0.1) is 6.61 Å². The molecule has 1 aromatic heterocycles. The standard InChI is InChI=1S/C19H26N6O2.C7H14O/c1-4-8-27-16-7-5-6-14(10-16)12-22-19(26)17-11-15(9-13(2)23-17)18(20)24-25(3)21;8-6-7-4-2-1-3-5-7/h5-7,9-11H,4,8,12,21H2,1-3H3,(H2,20,24)(H,22,26);7-8H,1-6H2. The number of aromatic nitrogens is 1. The number of aliphatic hydroxyl groups excluding tert-OH is 1. The number of nitrogens with zero attached hydrogens (tertiary/aromatic N) is 3. The van der Waals surface area contributed by atoms with E-state index in [1.165, 1.54) is 32.1 Å². The molecule has 192 valence electrons. The van der Waals surface area contributed by atoms with Gasteiger partial charge in [-0.3, -0.25) is 4.79 Å². The monoisotopic (exact) mass is 484 g/mol. The number of hydrogen-bond donors (Lipinski definition) is 4. The third-order valence-electron chi connectivity index (χ3n) is 5.55. The number of nitrogens with one attached hydrogen (secondary N) is 1. The van der Waals surface area contributed by atoms with Crippen LogP contribution in [0.2, 0.25) is 0 Å². The molecule has 0 radical (unpaired) electrons. The molecule has 1 heterocycles. The molecule has 0 saturated heterocycles. The van der Waals surface area contributed by atoms with Gasteiger partial charge in [-0.15, -0.1) is 5.10 Å². The molecule has 9 heteroatoms. The second kappa shape index (κ2) is 15.0. The van der Waals surface area contributed by atoms with E-state index in [0.717, 1.165) is 22.9 Å². The number of amides is 1. The molecule has 0 spiro atoms. The topological polar surface area (TPSA) is 139 Å². The summed E-state index contributed by atoms with van der Waals surface area (Å²) in [6, 6.07) is 11.0. The van der Waals surface area contributed by atoms with Crippen LogP contribution < -0.4 is 21.6 Å². The van der Waals surface area contributed by atoms with Gasteiger partial charge in [0.1, 0.15) is 11.4 Å². The van der Waals surface area contributed by atoms with E-state index in [4.69, 9.17) is 21.4 Å². The first-order chi connectivity index (χ1) is 16.8. The number of benzene rings is 1. The molecule has 35 heavy (non-hydrogen) atoms. The van der Waals surface area contributed by atoms with Crippen LogP contribution in [0.1, 0.15) is 72.8 Å². The summed E-state index contributed by atoms with van der Waals surface area (Å²) in [5.41, 5.74) is 8.36. The Labute approximate surface area is 208 Å². The fourth-order valence-corrected chi connectivity index (χ4v) is 3.77. The van der Waals surface area contributed by atoms with Gasteiger partial charge in [0.25, 0.3) is 5.91 Å². The number of carbonyl (C=O) groups excluding carboxylic acids is 1.